The molecule has 0 rings (SSSR count). The first-order valence-corrected chi connectivity index (χ1v) is 1.12. The first-order chi connectivity index (χ1) is 1.41. The van der Waals surface area contributed by atoms with Gasteiger partial charge < -0.3 is 4.43 Å². The van der Waals surface area contributed by atoms with E-state index in [1.54, 1.807) is 7.11 Å². The van der Waals surface area contributed by atoms with E-state index in [1.807, 2.05) is 0 Å². The molecule has 4 heavy (non-hydrogen) atoms. The summed E-state index contributed by atoms with van der Waals surface area (Å²) in [4.78, 5) is 0. The second-order valence-electron chi connectivity index (χ2n) is 0.224. The van der Waals surface area contributed by atoms with E-state index < -0.39 is 0 Å². The summed E-state index contributed by atoms with van der Waals surface area (Å²) < 4.78 is 3.31. The molecule has 0 heterocycles. The molecule has 17 valence electrons. The first-order valence-electron chi connectivity index (χ1n) is 0.671. The predicted octanol–water partition coefficient (Wildman–Crippen LogP) is -3.77. The van der Waals surface area contributed by atoms with E-state index in [2.05, 4.69) is 14.9 Å². The minimum atomic E-state index is 0. The predicted molar refractivity (Wildman–Crippen MR) is 13.9 cm³/mol. The number of hydrogen-bond acceptors (Lipinski definition) is 0. The van der Waals surface area contributed by atoms with Crippen molar-refractivity contribution in [3.63, 3.8) is 0 Å². The van der Waals surface area contributed by atoms with Crippen LogP contribution in [0.1, 0.15) is 0 Å². The van der Waals surface area contributed by atoms with Crippen LogP contribution < -0.4 is 18.9 Å². The quantitative estimate of drug-likeness (QED) is 0.204. The average molecular weight is 67.1 g/mol. The van der Waals surface area contributed by atoms with Gasteiger partial charge in [0.2, 0.25) is 0 Å². The van der Waals surface area contributed by atoms with Crippen LogP contribution in [-0.2, 0) is 0 Å². The van der Waals surface area contributed by atoms with Gasteiger partial charge in [0.1, 0.15) is 7.11 Å². The van der Waals surface area contributed by atoms with Crippen molar-refractivity contribution in [3.05, 3.63) is 0 Å². The molecule has 1 nitrogen and oxygen atoms in total. The summed E-state index contributed by atoms with van der Waals surface area (Å²) in [5.74, 6) is 0. The molecule has 0 unspecified atom stereocenters. The topological polar surface area (TPSA) is 12.8 Å². The SMILES string of the molecule is C[OH+][Si].[Li+]. The standard InChI is InChI=1S/CH4OSi.Li/c1-2-3;/h2H,1H3;/q2*+1. The van der Waals surface area contributed by atoms with Crippen LogP contribution in [0.2, 0.25) is 0 Å². The van der Waals surface area contributed by atoms with Crippen molar-refractivity contribution in [3.8, 4) is 0 Å². The van der Waals surface area contributed by atoms with Gasteiger partial charge >= 0.3 is 29.3 Å². The molecule has 0 aliphatic carbocycles. The van der Waals surface area contributed by atoms with Crippen LogP contribution in [-0.4, -0.2) is 22.0 Å². The molecule has 0 aliphatic heterocycles. The Hall–Kier alpha value is 0.774. The Morgan fingerprint density at radius 1 is 1.75 bits per heavy atom. The van der Waals surface area contributed by atoms with Gasteiger partial charge in [-0.25, -0.2) is 0 Å². The zero-order valence-corrected chi connectivity index (χ0v) is 3.95. The molecule has 3 radical (unpaired) electrons. The molecule has 0 spiro atoms. The van der Waals surface area contributed by atoms with E-state index in [-0.39, 0.29) is 18.9 Å². The summed E-state index contributed by atoms with van der Waals surface area (Å²) in [7, 11) is 4.47. The maximum absolute atomic E-state index is 3.31. The van der Waals surface area contributed by atoms with Gasteiger partial charge in [0.05, 0.1) is 0 Å². The molecule has 3 heteroatoms. The Morgan fingerprint density at radius 3 is 1.75 bits per heavy atom. The maximum Gasteiger partial charge on any atom is 1.00 e. The minimum Gasteiger partial charge on any atom is -0.525 e. The van der Waals surface area contributed by atoms with Crippen molar-refractivity contribution < 1.29 is 23.3 Å². The van der Waals surface area contributed by atoms with Crippen molar-refractivity contribution >= 4 is 10.5 Å². The zero-order valence-electron chi connectivity index (χ0n) is 2.95. The van der Waals surface area contributed by atoms with Gasteiger partial charge in [-0.05, 0) is 0 Å². The minimum absolute atomic E-state index is 0. The average Bonchev–Trinajstić information content (AvgIpc) is 0.918. The van der Waals surface area contributed by atoms with Crippen molar-refractivity contribution in [2.75, 3.05) is 7.11 Å². The van der Waals surface area contributed by atoms with Crippen LogP contribution in [0.4, 0.5) is 0 Å². The smallest absolute Gasteiger partial charge is 0.525 e. The van der Waals surface area contributed by atoms with Gasteiger partial charge in [0.15, 0.2) is 0 Å². The van der Waals surface area contributed by atoms with E-state index in [1.165, 1.54) is 0 Å². The molecule has 0 aromatic carbocycles. The molecule has 0 saturated carbocycles. The molecule has 1 N–H and O–H groups in total. The molecular formula is CH4LiOSi+2. The Labute approximate surface area is 41.4 Å². The van der Waals surface area contributed by atoms with Gasteiger partial charge in [-0.2, -0.15) is 0 Å². The molecule has 0 atom stereocenters. The summed E-state index contributed by atoms with van der Waals surface area (Å²) in [6.45, 7) is 0. The van der Waals surface area contributed by atoms with Gasteiger partial charge in [0.25, 0.3) is 0 Å². The Balaban J connectivity index is 0. The van der Waals surface area contributed by atoms with Crippen LogP contribution >= 0.6 is 0 Å². The van der Waals surface area contributed by atoms with Crippen molar-refractivity contribution in [2.24, 2.45) is 0 Å². The summed E-state index contributed by atoms with van der Waals surface area (Å²) in [6, 6.07) is 0. The van der Waals surface area contributed by atoms with E-state index in [0.29, 0.717) is 0 Å². The molecule has 0 bridgehead atoms. The maximum atomic E-state index is 3.31. The molecular weight excluding hydrogens is 63.0 g/mol. The molecule has 0 aliphatic rings. The van der Waals surface area contributed by atoms with E-state index in [0.717, 1.165) is 0 Å². The van der Waals surface area contributed by atoms with E-state index in [4.69, 9.17) is 0 Å². The van der Waals surface area contributed by atoms with E-state index in [9.17, 15) is 0 Å². The Morgan fingerprint density at radius 2 is 1.75 bits per heavy atom. The zero-order chi connectivity index (χ0) is 2.71. The molecule has 0 aromatic heterocycles. The van der Waals surface area contributed by atoms with Gasteiger partial charge in [-0.3, -0.25) is 0 Å². The molecule has 0 fully saturated rings. The third-order valence-corrected chi connectivity index (χ3v) is 0. The van der Waals surface area contributed by atoms with Crippen molar-refractivity contribution in [1.29, 1.82) is 0 Å². The summed E-state index contributed by atoms with van der Waals surface area (Å²) in [6.07, 6.45) is 0. The van der Waals surface area contributed by atoms with Gasteiger partial charge in [-0.15, -0.1) is 0 Å². The van der Waals surface area contributed by atoms with Crippen molar-refractivity contribution in [1.82, 2.24) is 0 Å². The number of hydrogen-bond donors (Lipinski definition) is 0. The first kappa shape index (κ1) is 8.84. The fourth-order valence-electron chi connectivity index (χ4n) is 0. The summed E-state index contributed by atoms with van der Waals surface area (Å²) in [5.41, 5.74) is 0. The fourth-order valence-corrected chi connectivity index (χ4v) is 0. The van der Waals surface area contributed by atoms with Crippen LogP contribution in [0.5, 0.6) is 0 Å². The summed E-state index contributed by atoms with van der Waals surface area (Å²) >= 11 is 0. The van der Waals surface area contributed by atoms with Gasteiger partial charge in [-0.1, -0.05) is 0 Å². The summed E-state index contributed by atoms with van der Waals surface area (Å²) in [5, 5.41) is 0. The second kappa shape index (κ2) is 9.23. The molecule has 0 saturated heterocycles. The van der Waals surface area contributed by atoms with Gasteiger partial charge in [0, 0.05) is 0 Å². The number of aliphatic hydroxyl groups is 1. The molecule has 0 aromatic rings. The Kier molecular flexibility index (Phi) is 20.4. The Bertz CT molecular complexity index is 8.00. The fraction of sp³-hybridized carbons (Fsp3) is 1.00. The van der Waals surface area contributed by atoms with Crippen LogP contribution in [0.25, 0.3) is 0 Å². The third-order valence-electron chi connectivity index (χ3n) is 0. The largest absolute Gasteiger partial charge is 1.00 e. The number of rotatable bonds is 0. The second-order valence-corrected chi connectivity index (χ2v) is 0.671. The monoisotopic (exact) mass is 67.0 g/mol. The van der Waals surface area contributed by atoms with Crippen molar-refractivity contribution in [2.45, 2.75) is 0 Å². The normalized spacial score (nSPS) is 4.50. The van der Waals surface area contributed by atoms with Crippen LogP contribution in [0.15, 0.2) is 0 Å². The van der Waals surface area contributed by atoms with Crippen LogP contribution in [0, 0.1) is 0 Å². The third kappa shape index (κ3) is 14.6. The van der Waals surface area contributed by atoms with Crippen LogP contribution in [0.3, 0.4) is 0 Å². The van der Waals surface area contributed by atoms with E-state index >= 15 is 0 Å². The molecule has 0 amide bonds.